The van der Waals surface area contributed by atoms with Gasteiger partial charge in [0.2, 0.25) is 0 Å². The molecule has 172 valence electrons. The van der Waals surface area contributed by atoms with Gasteiger partial charge in [0.25, 0.3) is 0 Å². The lowest BCUT2D eigenvalue weighted by atomic mass is 9.71. The molecule has 1 nitrogen and oxygen atoms in total. The standard InChI is InChI=1S/C29H51N/c1-8-12-13-14-15-23(5)30(22-25-16-17-25)21-20-29(7,11-4)28-24(6)26(9-2)18-19-27(28)10-3/h18-19,23,25H,8-17,20-22H2,1-7H3. The van der Waals surface area contributed by atoms with E-state index in [0.29, 0.717) is 0 Å². The maximum absolute atomic E-state index is 2.86. The normalized spacial score (nSPS) is 17.3. The van der Waals surface area contributed by atoms with Gasteiger partial charge in [0, 0.05) is 12.6 Å². The van der Waals surface area contributed by atoms with Gasteiger partial charge in [0.05, 0.1) is 0 Å². The van der Waals surface area contributed by atoms with Gasteiger partial charge >= 0.3 is 0 Å². The van der Waals surface area contributed by atoms with Gasteiger partial charge in [-0.3, -0.25) is 0 Å². The highest BCUT2D eigenvalue weighted by Gasteiger charge is 2.32. The highest BCUT2D eigenvalue weighted by atomic mass is 15.2. The van der Waals surface area contributed by atoms with Crippen LogP contribution in [0.5, 0.6) is 0 Å². The summed E-state index contributed by atoms with van der Waals surface area (Å²) in [6, 6.07) is 5.54. The van der Waals surface area contributed by atoms with E-state index in [4.69, 9.17) is 0 Å². The minimum absolute atomic E-state index is 0.282. The van der Waals surface area contributed by atoms with Crippen LogP contribution >= 0.6 is 0 Å². The molecule has 2 rings (SSSR count). The first kappa shape index (κ1) is 25.4. The summed E-state index contributed by atoms with van der Waals surface area (Å²) in [4.78, 5) is 2.86. The van der Waals surface area contributed by atoms with Crippen LogP contribution in [-0.2, 0) is 18.3 Å². The van der Waals surface area contributed by atoms with Crippen molar-refractivity contribution < 1.29 is 0 Å². The molecule has 0 aromatic heterocycles. The number of aryl methyl sites for hydroxylation is 2. The maximum Gasteiger partial charge on any atom is 0.00670 e. The van der Waals surface area contributed by atoms with Crippen molar-refractivity contribution in [3.8, 4) is 0 Å². The Kier molecular flexibility index (Phi) is 10.4. The second-order valence-electron chi connectivity index (χ2n) is 10.4. The molecule has 2 unspecified atom stereocenters. The molecule has 1 aromatic carbocycles. The van der Waals surface area contributed by atoms with Crippen molar-refractivity contribution in [2.75, 3.05) is 13.1 Å². The van der Waals surface area contributed by atoms with Crippen molar-refractivity contribution in [1.29, 1.82) is 0 Å². The SMILES string of the molecule is CCCCCCC(C)N(CCC(C)(CC)c1c(CC)ccc(CC)c1C)CC1CC1. The zero-order valence-electron chi connectivity index (χ0n) is 21.4. The van der Waals surface area contributed by atoms with E-state index in [0.717, 1.165) is 24.8 Å². The van der Waals surface area contributed by atoms with E-state index in [1.165, 1.54) is 70.9 Å². The fourth-order valence-electron chi connectivity index (χ4n) is 5.37. The lowest BCUT2D eigenvalue weighted by molar-refractivity contribution is 0.169. The van der Waals surface area contributed by atoms with Crippen molar-refractivity contribution in [2.24, 2.45) is 5.92 Å². The van der Waals surface area contributed by atoms with Gasteiger partial charge in [0.15, 0.2) is 0 Å². The van der Waals surface area contributed by atoms with Crippen molar-refractivity contribution in [3.63, 3.8) is 0 Å². The Balaban J connectivity index is 2.15. The lowest BCUT2D eigenvalue weighted by Crippen LogP contribution is -2.39. The minimum Gasteiger partial charge on any atom is -0.300 e. The van der Waals surface area contributed by atoms with Gasteiger partial charge in [-0.1, -0.05) is 72.4 Å². The highest BCUT2D eigenvalue weighted by molar-refractivity contribution is 5.45. The molecule has 2 atom stereocenters. The molecule has 0 heterocycles. The van der Waals surface area contributed by atoms with Crippen LogP contribution in [0.3, 0.4) is 0 Å². The number of nitrogens with zero attached hydrogens (tertiary/aromatic N) is 1. The van der Waals surface area contributed by atoms with Gasteiger partial charge in [-0.05, 0) is 98.9 Å². The molecule has 0 spiro atoms. The van der Waals surface area contributed by atoms with E-state index < -0.39 is 0 Å². The van der Waals surface area contributed by atoms with Crippen molar-refractivity contribution >= 4 is 0 Å². The van der Waals surface area contributed by atoms with Gasteiger partial charge in [-0.25, -0.2) is 0 Å². The van der Waals surface area contributed by atoms with Crippen molar-refractivity contribution in [3.05, 3.63) is 34.4 Å². The first-order valence-electron chi connectivity index (χ1n) is 13.3. The molecule has 0 radical (unpaired) electrons. The van der Waals surface area contributed by atoms with E-state index in [9.17, 15) is 0 Å². The van der Waals surface area contributed by atoms with Crippen LogP contribution in [0.2, 0.25) is 0 Å². The molecule has 1 aromatic rings. The average Bonchev–Trinajstić information content (AvgIpc) is 3.57. The monoisotopic (exact) mass is 413 g/mol. The Hall–Kier alpha value is -0.820. The fourth-order valence-corrected chi connectivity index (χ4v) is 5.37. The van der Waals surface area contributed by atoms with E-state index >= 15 is 0 Å². The number of rotatable bonds is 15. The number of benzene rings is 1. The molecule has 30 heavy (non-hydrogen) atoms. The summed E-state index contributed by atoms with van der Waals surface area (Å²) in [5.41, 5.74) is 6.65. The first-order valence-corrected chi connectivity index (χ1v) is 13.3. The van der Waals surface area contributed by atoms with Gasteiger partial charge < -0.3 is 4.90 Å². The fraction of sp³-hybridized carbons (Fsp3) is 0.793. The second kappa shape index (κ2) is 12.3. The Morgan fingerprint density at radius 2 is 1.67 bits per heavy atom. The molecule has 1 aliphatic carbocycles. The van der Waals surface area contributed by atoms with Crippen molar-refractivity contribution in [1.82, 2.24) is 4.90 Å². The van der Waals surface area contributed by atoms with Crippen molar-refractivity contribution in [2.45, 2.75) is 131 Å². The van der Waals surface area contributed by atoms with Crippen LogP contribution in [-0.4, -0.2) is 24.0 Å². The molecule has 0 saturated heterocycles. The minimum atomic E-state index is 0.282. The molecule has 1 heteroatoms. The van der Waals surface area contributed by atoms with Crippen LogP contribution in [0, 0.1) is 12.8 Å². The largest absolute Gasteiger partial charge is 0.300 e. The quantitative estimate of drug-likeness (QED) is 0.262. The highest BCUT2D eigenvalue weighted by Crippen LogP contribution is 2.39. The predicted molar refractivity (Wildman–Crippen MR) is 135 cm³/mol. The van der Waals surface area contributed by atoms with Crippen LogP contribution < -0.4 is 0 Å². The number of unbranched alkanes of at least 4 members (excludes halogenated alkanes) is 3. The van der Waals surface area contributed by atoms with E-state index in [-0.39, 0.29) is 5.41 Å². The summed E-state index contributed by atoms with van der Waals surface area (Å²) in [5, 5.41) is 0. The van der Waals surface area contributed by atoms with Crippen LogP contribution in [0.1, 0.15) is 122 Å². The third kappa shape index (κ3) is 6.84. The summed E-state index contributed by atoms with van der Waals surface area (Å²) in [5.74, 6) is 0.979. The zero-order chi connectivity index (χ0) is 22.1. The van der Waals surface area contributed by atoms with Crippen LogP contribution in [0.4, 0.5) is 0 Å². The van der Waals surface area contributed by atoms with Gasteiger partial charge in [0.1, 0.15) is 0 Å². The van der Waals surface area contributed by atoms with E-state index in [1.807, 2.05) is 0 Å². The third-order valence-corrected chi connectivity index (χ3v) is 8.05. The van der Waals surface area contributed by atoms with Crippen LogP contribution in [0.15, 0.2) is 12.1 Å². The lowest BCUT2D eigenvalue weighted by Gasteiger charge is -2.37. The maximum atomic E-state index is 2.86. The Bertz CT molecular complexity index is 629. The number of hydrogen-bond donors (Lipinski definition) is 0. The summed E-state index contributed by atoms with van der Waals surface area (Å²) in [7, 11) is 0. The smallest absolute Gasteiger partial charge is 0.00670 e. The molecular formula is C29H51N. The topological polar surface area (TPSA) is 3.24 Å². The molecule has 0 N–H and O–H groups in total. The molecular weight excluding hydrogens is 362 g/mol. The summed E-state index contributed by atoms with van der Waals surface area (Å²) < 4.78 is 0. The molecule has 1 fully saturated rings. The zero-order valence-corrected chi connectivity index (χ0v) is 21.4. The van der Waals surface area contributed by atoms with E-state index in [2.05, 4.69) is 65.5 Å². The summed E-state index contributed by atoms with van der Waals surface area (Å²) in [6.45, 7) is 19.4. The molecule has 0 bridgehead atoms. The Labute approximate surface area is 189 Å². The second-order valence-corrected chi connectivity index (χ2v) is 10.4. The first-order chi connectivity index (χ1) is 14.4. The number of hydrogen-bond acceptors (Lipinski definition) is 1. The molecule has 1 saturated carbocycles. The Morgan fingerprint density at radius 3 is 2.23 bits per heavy atom. The summed E-state index contributed by atoms with van der Waals surface area (Å²) in [6.07, 6.45) is 14.7. The average molecular weight is 414 g/mol. The molecule has 0 amide bonds. The van der Waals surface area contributed by atoms with Gasteiger partial charge in [-0.2, -0.15) is 0 Å². The van der Waals surface area contributed by atoms with Crippen LogP contribution in [0.25, 0.3) is 0 Å². The Morgan fingerprint density at radius 1 is 1.00 bits per heavy atom. The predicted octanol–water partition coefficient (Wildman–Crippen LogP) is 8.25. The summed E-state index contributed by atoms with van der Waals surface area (Å²) >= 11 is 0. The molecule has 1 aliphatic rings. The van der Waals surface area contributed by atoms with Gasteiger partial charge in [-0.15, -0.1) is 0 Å². The molecule has 0 aliphatic heterocycles. The third-order valence-electron chi connectivity index (χ3n) is 8.05. The van der Waals surface area contributed by atoms with E-state index in [1.54, 1.807) is 22.3 Å².